The molecule has 4 rings (SSSR count). The number of nitrogens with two attached hydrogens (primary N) is 1. The minimum atomic E-state index is -1.23. The fourth-order valence-corrected chi connectivity index (χ4v) is 4.47. The normalized spacial score (nSPS) is 18.4. The summed E-state index contributed by atoms with van der Waals surface area (Å²) in [5.41, 5.74) is 8.08. The van der Waals surface area contributed by atoms with Crippen LogP contribution in [-0.4, -0.2) is 70.2 Å². The maximum atomic E-state index is 13.5. The molecule has 2 aliphatic rings. The molecule has 0 saturated carbocycles. The molecule has 1 aromatic carbocycles. The Morgan fingerprint density at radius 3 is 2.72 bits per heavy atom. The molecular weight excluding hydrogens is 465 g/mol. The van der Waals surface area contributed by atoms with E-state index in [-0.39, 0.29) is 25.2 Å². The summed E-state index contributed by atoms with van der Waals surface area (Å²) in [6, 6.07) is 6.59. The Morgan fingerprint density at radius 1 is 1.25 bits per heavy atom. The molecule has 36 heavy (non-hydrogen) atoms. The first-order valence-corrected chi connectivity index (χ1v) is 11.8. The van der Waals surface area contributed by atoms with Crippen LogP contribution < -0.4 is 15.7 Å². The van der Waals surface area contributed by atoms with E-state index in [0.29, 0.717) is 24.4 Å². The lowest BCUT2D eigenvalue weighted by molar-refractivity contribution is -0.153. The number of nitrogens with one attached hydrogen (secondary N) is 1. The Labute approximate surface area is 208 Å². The van der Waals surface area contributed by atoms with Crippen molar-refractivity contribution in [3.63, 3.8) is 0 Å². The second-order valence-electron chi connectivity index (χ2n) is 8.95. The van der Waals surface area contributed by atoms with Crippen LogP contribution in [0.15, 0.2) is 36.5 Å². The van der Waals surface area contributed by atoms with E-state index < -0.39 is 42.6 Å². The number of para-hydroxylation sites is 1. The van der Waals surface area contributed by atoms with Crippen LogP contribution in [0.3, 0.4) is 0 Å². The Morgan fingerprint density at radius 2 is 2.03 bits per heavy atom. The number of amides is 4. The molecule has 1 fully saturated rings. The van der Waals surface area contributed by atoms with Crippen molar-refractivity contribution in [2.24, 2.45) is 0 Å². The number of piperazine rings is 1. The van der Waals surface area contributed by atoms with Gasteiger partial charge >= 0.3 is 25.0 Å². The monoisotopic (exact) mass is 493 g/mol. The number of ketones is 1. The number of benzene rings is 1. The average Bonchev–Trinajstić information content (AvgIpc) is 2.85. The van der Waals surface area contributed by atoms with Gasteiger partial charge in [-0.3, -0.25) is 24.3 Å². The first-order chi connectivity index (χ1) is 17.2. The smallest absolute Gasteiger partial charge is 0.526 e. The van der Waals surface area contributed by atoms with Gasteiger partial charge in [0, 0.05) is 31.9 Å². The number of nitrogens with zero attached hydrogens (tertiary/aromatic N) is 3. The van der Waals surface area contributed by atoms with Gasteiger partial charge in [-0.1, -0.05) is 18.2 Å². The Bertz CT molecular complexity index is 1190. The van der Waals surface area contributed by atoms with E-state index in [1.165, 1.54) is 17.2 Å². The molecule has 2 aliphatic heterocycles. The maximum Gasteiger partial charge on any atom is 0.526 e. The highest BCUT2D eigenvalue weighted by atomic mass is 16.5. The van der Waals surface area contributed by atoms with Crippen LogP contribution in [0.25, 0.3) is 0 Å². The van der Waals surface area contributed by atoms with Gasteiger partial charge in [0.2, 0.25) is 0 Å². The molecule has 11 nitrogen and oxygen atoms in total. The lowest BCUT2D eigenvalue weighted by atomic mass is 9.64. The van der Waals surface area contributed by atoms with Crippen molar-refractivity contribution in [2.45, 2.75) is 38.5 Å². The van der Waals surface area contributed by atoms with Crippen molar-refractivity contribution in [1.29, 1.82) is 0 Å². The van der Waals surface area contributed by atoms with E-state index in [9.17, 15) is 24.2 Å². The third-order valence-corrected chi connectivity index (χ3v) is 6.51. The third-order valence-electron chi connectivity index (χ3n) is 6.51. The SMILES string of the molecule is CCN1CCN(C(=O)NC(C(=O)C[C@H]2Cc3cccc(C)c3OB2O)c2ccc(N)cn2)C(=O)C1=O. The quantitative estimate of drug-likeness (QED) is 0.395. The van der Waals surface area contributed by atoms with Crippen LogP contribution in [0.1, 0.15) is 36.2 Å². The molecule has 2 atom stereocenters. The fourth-order valence-electron chi connectivity index (χ4n) is 4.47. The number of hydrogen-bond acceptors (Lipinski definition) is 8. The first kappa shape index (κ1) is 25.2. The van der Waals surface area contributed by atoms with Gasteiger partial charge in [-0.25, -0.2) is 4.79 Å². The van der Waals surface area contributed by atoms with Crippen LogP contribution in [-0.2, 0) is 20.8 Å². The van der Waals surface area contributed by atoms with Gasteiger partial charge in [-0.15, -0.1) is 0 Å². The summed E-state index contributed by atoms with van der Waals surface area (Å²) in [7, 11) is -1.21. The highest BCUT2D eigenvalue weighted by Gasteiger charge is 2.40. The predicted molar refractivity (Wildman–Crippen MR) is 131 cm³/mol. The largest absolute Gasteiger partial charge is 0.536 e. The van der Waals surface area contributed by atoms with Gasteiger partial charge in [0.15, 0.2) is 5.78 Å². The number of aromatic nitrogens is 1. The minimum Gasteiger partial charge on any atom is -0.536 e. The lowest BCUT2D eigenvalue weighted by Gasteiger charge is -2.33. The molecule has 0 spiro atoms. The average molecular weight is 493 g/mol. The number of aryl methyl sites for hydroxylation is 1. The molecule has 4 N–H and O–H groups in total. The topological polar surface area (TPSA) is 155 Å². The summed E-state index contributed by atoms with van der Waals surface area (Å²) in [6.45, 7) is 4.18. The molecule has 2 aromatic rings. The molecule has 1 saturated heterocycles. The number of pyridine rings is 1. The highest BCUT2D eigenvalue weighted by Crippen LogP contribution is 2.36. The number of hydrogen-bond donors (Lipinski definition) is 3. The molecule has 0 aliphatic carbocycles. The Hall–Kier alpha value is -3.93. The molecule has 4 amide bonds. The van der Waals surface area contributed by atoms with Crippen LogP contribution in [0.2, 0.25) is 5.82 Å². The van der Waals surface area contributed by atoms with Gasteiger partial charge in [-0.2, -0.15) is 0 Å². The highest BCUT2D eigenvalue weighted by molar-refractivity contribution is 6.46. The van der Waals surface area contributed by atoms with Gasteiger partial charge in [0.05, 0.1) is 17.6 Å². The Kier molecular flexibility index (Phi) is 7.25. The number of urea groups is 1. The number of carbonyl (C=O) groups excluding carboxylic acids is 4. The zero-order valence-electron chi connectivity index (χ0n) is 20.1. The fraction of sp³-hybridized carbons (Fsp3) is 0.375. The van der Waals surface area contributed by atoms with Crippen molar-refractivity contribution < 1.29 is 28.9 Å². The number of anilines is 1. The zero-order chi connectivity index (χ0) is 26.0. The van der Waals surface area contributed by atoms with Gasteiger partial charge in [0.25, 0.3) is 0 Å². The molecule has 0 radical (unpaired) electrons. The van der Waals surface area contributed by atoms with Crippen molar-refractivity contribution in [3.8, 4) is 5.75 Å². The van der Waals surface area contributed by atoms with E-state index in [1.807, 2.05) is 25.1 Å². The van der Waals surface area contributed by atoms with Gasteiger partial charge in [0.1, 0.15) is 11.8 Å². The van der Waals surface area contributed by atoms with E-state index in [2.05, 4.69) is 10.3 Å². The molecule has 188 valence electrons. The number of rotatable bonds is 6. The lowest BCUT2D eigenvalue weighted by Crippen LogP contribution is -2.58. The number of nitrogen functional groups attached to an aromatic ring is 1. The predicted octanol–water partition coefficient (Wildman–Crippen LogP) is 0.859. The van der Waals surface area contributed by atoms with Crippen molar-refractivity contribution in [1.82, 2.24) is 20.1 Å². The minimum absolute atomic E-state index is 0.00559. The molecule has 1 aromatic heterocycles. The van der Waals surface area contributed by atoms with Crippen LogP contribution >= 0.6 is 0 Å². The van der Waals surface area contributed by atoms with E-state index in [0.717, 1.165) is 16.0 Å². The summed E-state index contributed by atoms with van der Waals surface area (Å²) < 4.78 is 5.69. The maximum absolute atomic E-state index is 13.5. The second-order valence-corrected chi connectivity index (χ2v) is 8.95. The molecule has 3 heterocycles. The van der Waals surface area contributed by atoms with Crippen LogP contribution in [0.4, 0.5) is 10.5 Å². The first-order valence-electron chi connectivity index (χ1n) is 11.8. The molecular formula is C24H28BN5O6. The second kappa shape index (κ2) is 10.4. The number of imide groups is 1. The van der Waals surface area contributed by atoms with E-state index in [4.69, 9.17) is 10.4 Å². The van der Waals surface area contributed by atoms with Crippen molar-refractivity contribution in [3.05, 3.63) is 53.3 Å². The van der Waals surface area contributed by atoms with E-state index in [1.54, 1.807) is 13.0 Å². The van der Waals surface area contributed by atoms with E-state index >= 15 is 0 Å². The zero-order valence-corrected chi connectivity index (χ0v) is 20.1. The number of likely N-dealkylation sites (N-methyl/N-ethyl adjacent to an activating group) is 1. The molecule has 12 heteroatoms. The van der Waals surface area contributed by atoms with Gasteiger partial charge < -0.3 is 25.6 Å². The summed E-state index contributed by atoms with van der Waals surface area (Å²) in [6.07, 6.45) is 1.64. The van der Waals surface area contributed by atoms with Crippen LogP contribution in [0, 0.1) is 6.92 Å². The molecule has 0 bridgehead atoms. The summed E-state index contributed by atoms with van der Waals surface area (Å²) in [4.78, 5) is 57.5. The standard InChI is InChI=1S/C24H28BN5O6/c1-3-29-9-10-30(23(33)22(29)32)24(34)28-20(18-8-7-17(26)13-27-18)19(31)12-16-11-15-6-4-5-14(2)21(15)36-25(16)35/h4-8,13,16,20,35H,3,9-12,26H2,1-2H3,(H,28,34)/t16-,20?/m1/s1. The Balaban J connectivity index is 1.53. The van der Waals surface area contributed by atoms with Crippen LogP contribution in [0.5, 0.6) is 5.75 Å². The number of carbonyl (C=O) groups is 4. The summed E-state index contributed by atoms with van der Waals surface area (Å²) in [5, 5.41) is 13.1. The number of fused-ring (bicyclic) bond motifs is 1. The molecule has 1 unspecified atom stereocenters. The van der Waals surface area contributed by atoms with Crippen molar-refractivity contribution >= 4 is 36.4 Å². The van der Waals surface area contributed by atoms with Crippen molar-refractivity contribution in [2.75, 3.05) is 25.4 Å². The summed E-state index contributed by atoms with van der Waals surface area (Å²) >= 11 is 0. The number of Topliss-reactive ketones (excluding diaryl/α,β-unsaturated/α-hetero) is 1. The van der Waals surface area contributed by atoms with Gasteiger partial charge in [-0.05, 0) is 43.5 Å². The summed E-state index contributed by atoms with van der Waals surface area (Å²) in [5.74, 6) is -2.12. The third kappa shape index (κ3) is 5.03.